The van der Waals surface area contributed by atoms with E-state index in [0.717, 1.165) is 30.4 Å². The molecule has 4 rings (SSSR count). The molecule has 33 heavy (non-hydrogen) atoms. The molecule has 3 heteroatoms. The maximum absolute atomic E-state index is 3.52. The fourth-order valence-electron chi connectivity index (χ4n) is 3.45. The van der Waals surface area contributed by atoms with Crippen molar-refractivity contribution in [3.05, 3.63) is 89.0 Å². The van der Waals surface area contributed by atoms with E-state index in [4.69, 9.17) is 0 Å². The van der Waals surface area contributed by atoms with Crippen LogP contribution in [0.25, 0.3) is 11.1 Å². The number of fused-ring (bicyclic) bond motifs is 3. The Kier molecular flexibility index (Phi) is 16.9. The second-order valence-corrected chi connectivity index (χ2v) is 7.59. The first kappa shape index (κ1) is 31.4. The van der Waals surface area contributed by atoms with Crippen LogP contribution in [0, 0.1) is 29.7 Å². The first-order valence-corrected chi connectivity index (χ1v) is 11.1. The van der Waals surface area contributed by atoms with Crippen molar-refractivity contribution in [3.8, 4) is 34.8 Å². The molecule has 3 aromatic carbocycles. The van der Waals surface area contributed by atoms with Gasteiger partial charge in [0.15, 0.2) is 0 Å². The van der Waals surface area contributed by atoms with Crippen LogP contribution in [0.15, 0.2) is 60.7 Å². The molecule has 0 spiro atoms. The molecule has 0 N–H and O–H groups in total. The molecule has 1 aliphatic carbocycles. The van der Waals surface area contributed by atoms with Crippen molar-refractivity contribution in [1.29, 1.82) is 0 Å². The summed E-state index contributed by atoms with van der Waals surface area (Å²) in [6.45, 7) is 4.40. The van der Waals surface area contributed by atoms with Crippen molar-refractivity contribution in [3.63, 3.8) is 0 Å². The average Bonchev–Trinajstić information content (AvgIpc) is 3.45. The van der Waals surface area contributed by atoms with E-state index in [1.54, 1.807) is 0 Å². The monoisotopic (exact) mass is 550 g/mol. The predicted octanol–water partition coefficient (Wildman–Crippen LogP) is 1.55. The van der Waals surface area contributed by atoms with Crippen LogP contribution in [0.1, 0.15) is 74.6 Å². The molecule has 0 saturated heterocycles. The number of hydrogen-bond acceptors (Lipinski definition) is 0. The summed E-state index contributed by atoms with van der Waals surface area (Å²) in [7, 11) is 0. The van der Waals surface area contributed by atoms with Crippen LogP contribution < -0.4 is 24.8 Å². The van der Waals surface area contributed by atoms with E-state index in [0.29, 0.717) is 0 Å². The number of halogens is 2. The third kappa shape index (κ3) is 10.0. The fourth-order valence-corrected chi connectivity index (χ4v) is 3.45. The molecule has 0 unspecified atom stereocenters. The zero-order chi connectivity index (χ0) is 21.0. The zero-order valence-corrected chi connectivity index (χ0v) is 23.4. The molecule has 0 bridgehead atoms. The van der Waals surface area contributed by atoms with E-state index in [2.05, 4.69) is 73.9 Å². The molecular formula is C30H30Cl2Zr. The summed E-state index contributed by atoms with van der Waals surface area (Å²) < 4.78 is 0. The van der Waals surface area contributed by atoms with E-state index in [9.17, 15) is 0 Å². The van der Waals surface area contributed by atoms with Gasteiger partial charge in [-0.2, -0.15) is 30.0 Å². The maximum Gasteiger partial charge on any atom is 4.00 e. The van der Waals surface area contributed by atoms with Gasteiger partial charge in [-0.1, -0.05) is 55.7 Å². The second-order valence-electron chi connectivity index (χ2n) is 7.59. The van der Waals surface area contributed by atoms with Crippen molar-refractivity contribution in [2.45, 2.75) is 58.8 Å². The molecular weight excluding hydrogens is 522 g/mol. The summed E-state index contributed by atoms with van der Waals surface area (Å²) in [5.41, 5.74) is 7.41. The topological polar surface area (TPSA) is 0 Å². The summed E-state index contributed by atoms with van der Waals surface area (Å²) in [6, 6.07) is 24.4. The van der Waals surface area contributed by atoms with Gasteiger partial charge in [0.25, 0.3) is 0 Å². The van der Waals surface area contributed by atoms with Crippen LogP contribution in [-0.4, -0.2) is 0 Å². The molecule has 0 atom stereocenters. The maximum atomic E-state index is 3.52. The average molecular weight is 553 g/mol. The van der Waals surface area contributed by atoms with Gasteiger partial charge in [-0.15, -0.1) is 29.3 Å². The first-order valence-electron chi connectivity index (χ1n) is 11.1. The minimum absolute atomic E-state index is 0. The van der Waals surface area contributed by atoms with Crippen molar-refractivity contribution >= 4 is 0 Å². The summed E-state index contributed by atoms with van der Waals surface area (Å²) in [5.74, 6) is 13.1. The van der Waals surface area contributed by atoms with Gasteiger partial charge in [0.05, 0.1) is 0 Å². The van der Waals surface area contributed by atoms with E-state index in [-0.39, 0.29) is 51.0 Å². The van der Waals surface area contributed by atoms with E-state index in [1.165, 1.54) is 47.9 Å². The summed E-state index contributed by atoms with van der Waals surface area (Å²) in [5, 5.41) is 0. The standard InChI is InChI=1S/C25H25.C5H5.2ClH.Zr/c1-3-5-7-9-11-20-13-15-24-22(17-20)19-23-18-21(14-16-25(23)24)12-10-8-6-4-2;1-2-4-5-3-1;;;/h13-17H,3-8,19H2,1-2H3;1-5H;2*1H;/q2*-1;;;+4/p-2. The molecule has 168 valence electrons. The van der Waals surface area contributed by atoms with Crippen LogP contribution in [0.2, 0.25) is 0 Å². The molecule has 0 fully saturated rings. The van der Waals surface area contributed by atoms with Gasteiger partial charge in [0.2, 0.25) is 0 Å². The molecule has 1 aliphatic rings. The Morgan fingerprint density at radius 3 is 2.09 bits per heavy atom. The van der Waals surface area contributed by atoms with Crippen LogP contribution in [0.3, 0.4) is 0 Å². The minimum Gasteiger partial charge on any atom is -1.00 e. The van der Waals surface area contributed by atoms with Crippen LogP contribution in [0.4, 0.5) is 0 Å². The Morgan fingerprint density at radius 2 is 1.48 bits per heavy atom. The summed E-state index contributed by atoms with van der Waals surface area (Å²) >= 11 is 0. The zero-order valence-electron chi connectivity index (χ0n) is 19.5. The Labute approximate surface area is 232 Å². The summed E-state index contributed by atoms with van der Waals surface area (Å²) in [6.07, 6.45) is 7.66. The third-order valence-electron chi connectivity index (χ3n) is 5.11. The first-order chi connectivity index (χ1) is 14.8. The van der Waals surface area contributed by atoms with Crippen molar-refractivity contribution in [2.24, 2.45) is 0 Å². The number of rotatable bonds is 4. The normalized spacial score (nSPS) is 9.52. The fraction of sp³-hybridized carbons (Fsp3) is 0.300. The van der Waals surface area contributed by atoms with Crippen molar-refractivity contribution in [1.82, 2.24) is 0 Å². The van der Waals surface area contributed by atoms with Crippen molar-refractivity contribution < 1.29 is 51.0 Å². The van der Waals surface area contributed by atoms with Gasteiger partial charge in [-0.25, -0.2) is 12.1 Å². The molecule has 0 nitrogen and oxygen atoms in total. The van der Waals surface area contributed by atoms with Gasteiger partial charge in [0.1, 0.15) is 0 Å². The second kappa shape index (κ2) is 17.8. The van der Waals surface area contributed by atoms with Crippen LogP contribution >= 0.6 is 0 Å². The molecule has 0 radical (unpaired) electrons. The smallest absolute Gasteiger partial charge is 1.00 e. The van der Waals surface area contributed by atoms with Gasteiger partial charge < -0.3 is 24.8 Å². The number of benzene rings is 2. The SMILES string of the molecule is CCCCC#Cc1[c-]c2c(cc1)-c1ccc(C#CCCCC)cc1C2.[Cl-].[Cl-].[Zr+4].c1cc[cH-]c1. The minimum atomic E-state index is 0. The van der Waals surface area contributed by atoms with E-state index in [1.807, 2.05) is 30.3 Å². The Balaban J connectivity index is 0.00000114. The summed E-state index contributed by atoms with van der Waals surface area (Å²) in [4.78, 5) is 0. The predicted molar refractivity (Wildman–Crippen MR) is 128 cm³/mol. The van der Waals surface area contributed by atoms with Crippen molar-refractivity contribution in [2.75, 3.05) is 0 Å². The van der Waals surface area contributed by atoms with Gasteiger partial charge in [-0.05, 0) is 43.4 Å². The van der Waals surface area contributed by atoms with E-state index >= 15 is 0 Å². The van der Waals surface area contributed by atoms with Crippen LogP contribution in [-0.2, 0) is 32.6 Å². The Bertz CT molecular complexity index is 969. The molecule has 0 saturated carbocycles. The largest absolute Gasteiger partial charge is 4.00 e. The molecule has 0 aliphatic heterocycles. The Hall–Kier alpha value is -1.63. The molecule has 0 amide bonds. The Morgan fingerprint density at radius 1 is 0.848 bits per heavy atom. The molecule has 0 heterocycles. The molecule has 0 aromatic heterocycles. The third-order valence-corrected chi connectivity index (χ3v) is 5.11. The quantitative estimate of drug-likeness (QED) is 0.205. The number of hydrogen-bond donors (Lipinski definition) is 0. The van der Waals surface area contributed by atoms with E-state index < -0.39 is 0 Å². The molecule has 3 aromatic rings. The van der Waals surface area contributed by atoms with Gasteiger partial charge in [-0.3, -0.25) is 0 Å². The van der Waals surface area contributed by atoms with Crippen LogP contribution in [0.5, 0.6) is 0 Å². The van der Waals surface area contributed by atoms with Gasteiger partial charge in [0, 0.05) is 12.0 Å². The van der Waals surface area contributed by atoms with Gasteiger partial charge >= 0.3 is 26.2 Å². The number of unbranched alkanes of at least 4 members (excludes halogenated alkanes) is 4.